The zero-order valence-corrected chi connectivity index (χ0v) is 12.6. The molecule has 0 saturated heterocycles. The minimum absolute atomic E-state index is 0.0993. The molecule has 0 nitrogen and oxygen atoms in total. The van der Waals surface area contributed by atoms with Crippen molar-refractivity contribution in [2.24, 2.45) is 0 Å². The van der Waals surface area contributed by atoms with Crippen LogP contribution < -0.4 is 0 Å². The van der Waals surface area contributed by atoms with Crippen molar-refractivity contribution in [3.63, 3.8) is 0 Å². The third-order valence-corrected chi connectivity index (χ3v) is 4.90. The van der Waals surface area contributed by atoms with Gasteiger partial charge in [-0.3, -0.25) is 0 Å². The minimum Gasteiger partial charge on any atom is -0.130 e. The van der Waals surface area contributed by atoms with Gasteiger partial charge in [-0.25, -0.2) is 0 Å². The molecule has 2 heteroatoms. The molecule has 0 unspecified atom stereocenters. The fraction of sp³-hybridized carbons (Fsp3) is 0.250. The average Bonchev–Trinajstić information content (AvgIpc) is 2.40. The molecule has 18 heavy (non-hydrogen) atoms. The molecule has 2 rings (SSSR count). The van der Waals surface area contributed by atoms with Crippen molar-refractivity contribution < 1.29 is 0 Å². The normalized spacial score (nSPS) is 11.5. The lowest BCUT2D eigenvalue weighted by molar-refractivity contribution is 0.782. The zero-order chi connectivity index (χ0) is 13.0. The fourth-order valence-electron chi connectivity index (χ4n) is 1.84. The van der Waals surface area contributed by atoms with E-state index in [4.69, 9.17) is 0 Å². The molecular formula is C16H18S2. The van der Waals surface area contributed by atoms with Crippen LogP contribution in [0.2, 0.25) is 0 Å². The Balaban J connectivity index is 2.16. The van der Waals surface area contributed by atoms with Gasteiger partial charge < -0.3 is 0 Å². The van der Waals surface area contributed by atoms with Gasteiger partial charge in [0.15, 0.2) is 0 Å². The quantitative estimate of drug-likeness (QED) is 0.681. The summed E-state index contributed by atoms with van der Waals surface area (Å²) >= 11 is 3.69. The van der Waals surface area contributed by atoms with E-state index < -0.39 is 0 Å². The maximum absolute atomic E-state index is 2.27. The van der Waals surface area contributed by atoms with Crippen LogP contribution in [-0.4, -0.2) is 6.26 Å². The molecule has 0 heterocycles. The monoisotopic (exact) mass is 274 g/mol. The highest BCUT2D eigenvalue weighted by atomic mass is 32.2. The van der Waals surface area contributed by atoms with E-state index in [-0.39, 0.29) is 4.75 Å². The van der Waals surface area contributed by atoms with Gasteiger partial charge in [0.05, 0.1) is 0 Å². The molecule has 0 aliphatic rings. The molecule has 2 aromatic rings. The lowest BCUT2D eigenvalue weighted by atomic mass is 10.0. The smallest absolute Gasteiger partial charge is 0.0399 e. The Morgan fingerprint density at radius 2 is 1.33 bits per heavy atom. The van der Waals surface area contributed by atoms with Crippen LogP contribution >= 0.6 is 23.5 Å². The first-order valence-electron chi connectivity index (χ1n) is 6.00. The van der Waals surface area contributed by atoms with E-state index in [0.29, 0.717) is 0 Å². The van der Waals surface area contributed by atoms with E-state index in [9.17, 15) is 0 Å². The molecule has 0 radical (unpaired) electrons. The van der Waals surface area contributed by atoms with Gasteiger partial charge in [-0.15, -0.1) is 23.5 Å². The molecule has 2 aromatic carbocycles. The number of hydrogen-bond donors (Lipinski definition) is 0. The molecular weight excluding hydrogens is 256 g/mol. The first-order chi connectivity index (χ1) is 8.62. The van der Waals surface area contributed by atoms with Crippen LogP contribution in [0, 0.1) is 0 Å². The van der Waals surface area contributed by atoms with Gasteiger partial charge in [-0.2, -0.15) is 0 Å². The minimum atomic E-state index is 0.0993. The Hall–Kier alpha value is -0.860. The molecule has 0 amide bonds. The van der Waals surface area contributed by atoms with Crippen molar-refractivity contribution in [3.05, 3.63) is 60.2 Å². The second-order valence-corrected chi connectivity index (χ2v) is 7.23. The van der Waals surface area contributed by atoms with Crippen LogP contribution in [-0.2, 0) is 4.75 Å². The molecule has 0 atom stereocenters. The molecule has 0 saturated carbocycles. The Morgan fingerprint density at radius 3 is 1.89 bits per heavy atom. The van der Waals surface area contributed by atoms with Crippen LogP contribution in [0.4, 0.5) is 0 Å². The zero-order valence-electron chi connectivity index (χ0n) is 11.0. The van der Waals surface area contributed by atoms with Crippen molar-refractivity contribution >= 4 is 23.5 Å². The molecule has 0 spiro atoms. The Bertz CT molecular complexity index is 486. The van der Waals surface area contributed by atoms with Gasteiger partial charge >= 0.3 is 0 Å². The topological polar surface area (TPSA) is 0 Å². The largest absolute Gasteiger partial charge is 0.130 e. The predicted molar refractivity (Wildman–Crippen MR) is 83.5 cm³/mol. The van der Waals surface area contributed by atoms with Gasteiger partial charge in [-0.05, 0) is 49.9 Å². The summed E-state index contributed by atoms with van der Waals surface area (Å²) in [4.78, 5) is 2.64. The number of rotatable bonds is 4. The van der Waals surface area contributed by atoms with E-state index in [2.05, 4.69) is 74.7 Å². The summed E-state index contributed by atoms with van der Waals surface area (Å²) in [7, 11) is 0. The third-order valence-electron chi connectivity index (χ3n) is 2.90. The molecule has 0 fully saturated rings. The van der Waals surface area contributed by atoms with Crippen molar-refractivity contribution in [1.82, 2.24) is 0 Å². The SMILES string of the molecule is CSc1ccc(SC(C)(C)c2ccccc2)cc1. The van der Waals surface area contributed by atoms with E-state index >= 15 is 0 Å². The standard InChI is InChI=1S/C16H18S2/c1-16(2,13-7-5-4-6-8-13)18-15-11-9-14(17-3)10-12-15/h4-12H,1-3H3. The maximum atomic E-state index is 2.27. The highest BCUT2D eigenvalue weighted by Gasteiger charge is 2.21. The molecule has 0 bridgehead atoms. The Morgan fingerprint density at radius 1 is 0.778 bits per heavy atom. The molecule has 94 valence electrons. The highest BCUT2D eigenvalue weighted by molar-refractivity contribution is 8.00. The number of benzene rings is 2. The van der Waals surface area contributed by atoms with E-state index in [1.807, 2.05) is 11.8 Å². The van der Waals surface area contributed by atoms with Crippen LogP contribution in [0.15, 0.2) is 64.4 Å². The van der Waals surface area contributed by atoms with Crippen molar-refractivity contribution in [2.75, 3.05) is 6.26 Å². The van der Waals surface area contributed by atoms with Gasteiger partial charge in [0.2, 0.25) is 0 Å². The molecule has 0 aromatic heterocycles. The highest BCUT2D eigenvalue weighted by Crippen LogP contribution is 2.40. The van der Waals surface area contributed by atoms with E-state index in [1.54, 1.807) is 11.8 Å². The summed E-state index contributed by atoms with van der Waals surface area (Å²) in [6.45, 7) is 4.55. The summed E-state index contributed by atoms with van der Waals surface area (Å²) in [6, 6.07) is 19.5. The fourth-order valence-corrected chi connectivity index (χ4v) is 3.36. The summed E-state index contributed by atoms with van der Waals surface area (Å²) in [5.74, 6) is 0. The first-order valence-corrected chi connectivity index (χ1v) is 8.04. The van der Waals surface area contributed by atoms with Gasteiger partial charge in [0.25, 0.3) is 0 Å². The summed E-state index contributed by atoms with van der Waals surface area (Å²) in [5.41, 5.74) is 1.36. The second-order valence-electron chi connectivity index (χ2n) is 4.65. The average molecular weight is 274 g/mol. The van der Waals surface area contributed by atoms with Crippen molar-refractivity contribution in [3.8, 4) is 0 Å². The Kier molecular flexibility index (Phi) is 4.41. The van der Waals surface area contributed by atoms with E-state index in [1.165, 1.54) is 15.4 Å². The maximum Gasteiger partial charge on any atom is 0.0399 e. The van der Waals surface area contributed by atoms with E-state index in [0.717, 1.165) is 0 Å². The van der Waals surface area contributed by atoms with Gasteiger partial charge in [-0.1, -0.05) is 30.3 Å². The lowest BCUT2D eigenvalue weighted by Gasteiger charge is -2.24. The first kappa shape index (κ1) is 13.6. The summed E-state index contributed by atoms with van der Waals surface area (Å²) in [6.07, 6.45) is 2.11. The molecule has 0 aliphatic carbocycles. The van der Waals surface area contributed by atoms with Crippen molar-refractivity contribution in [1.29, 1.82) is 0 Å². The van der Waals surface area contributed by atoms with Gasteiger partial charge in [0, 0.05) is 14.5 Å². The molecule has 0 N–H and O–H groups in total. The number of thioether (sulfide) groups is 2. The van der Waals surface area contributed by atoms with Gasteiger partial charge in [0.1, 0.15) is 0 Å². The second kappa shape index (κ2) is 5.85. The Labute approximate surface area is 118 Å². The van der Waals surface area contributed by atoms with Crippen molar-refractivity contribution in [2.45, 2.75) is 28.4 Å². The predicted octanol–water partition coefficient (Wildman–Crippen LogP) is 5.44. The lowest BCUT2D eigenvalue weighted by Crippen LogP contribution is -2.11. The third kappa shape index (κ3) is 3.33. The number of hydrogen-bond acceptors (Lipinski definition) is 2. The molecule has 0 aliphatic heterocycles. The van der Waals surface area contributed by atoms with Crippen LogP contribution in [0.1, 0.15) is 19.4 Å². The summed E-state index contributed by atoms with van der Waals surface area (Å²) in [5, 5.41) is 0. The summed E-state index contributed by atoms with van der Waals surface area (Å²) < 4.78 is 0.0993. The van der Waals surface area contributed by atoms with Crippen LogP contribution in [0.3, 0.4) is 0 Å². The van der Waals surface area contributed by atoms with Crippen LogP contribution in [0.5, 0.6) is 0 Å². The van der Waals surface area contributed by atoms with Crippen LogP contribution in [0.25, 0.3) is 0 Å².